The molecule has 2 aliphatic rings. The highest BCUT2D eigenvalue weighted by atomic mass is 32.2. The van der Waals surface area contributed by atoms with Crippen LogP contribution in [0.3, 0.4) is 0 Å². The average Bonchev–Trinajstić information content (AvgIpc) is 3.21. The molecule has 37 heavy (non-hydrogen) atoms. The average molecular weight is 522 g/mol. The molecule has 5 rings (SSSR count). The van der Waals surface area contributed by atoms with Crippen LogP contribution < -0.4 is 17.0 Å². The van der Waals surface area contributed by atoms with E-state index < -0.39 is 11.2 Å². The predicted octanol–water partition coefficient (Wildman–Crippen LogP) is -0.120. The van der Waals surface area contributed by atoms with Crippen molar-refractivity contribution < 1.29 is 9.59 Å². The fourth-order valence-electron chi connectivity index (χ4n) is 4.53. The number of amidine groups is 1. The molecule has 192 valence electrons. The molecule has 1 atom stereocenters. The molecule has 1 aromatic carbocycles. The van der Waals surface area contributed by atoms with E-state index in [2.05, 4.69) is 14.9 Å². The minimum atomic E-state index is -0.580. The Kier molecular flexibility index (Phi) is 6.94. The lowest BCUT2D eigenvalue weighted by atomic mass is 10.1. The zero-order valence-electron chi connectivity index (χ0n) is 20.4. The number of likely N-dealkylation sites (N-methyl/N-ethyl adjacent to an activating group) is 1. The zero-order chi connectivity index (χ0) is 26.1. The molecule has 11 nitrogen and oxygen atoms in total. The van der Waals surface area contributed by atoms with Crippen LogP contribution in [0, 0.1) is 0 Å². The van der Waals surface area contributed by atoms with Gasteiger partial charge in [0.15, 0.2) is 5.17 Å². The first-order valence-corrected chi connectivity index (χ1v) is 12.9. The largest absolute Gasteiger partial charge is 0.378 e. The van der Waals surface area contributed by atoms with Gasteiger partial charge >= 0.3 is 5.69 Å². The highest BCUT2D eigenvalue weighted by Crippen LogP contribution is 2.24. The number of fused-ring (bicyclic) bond motifs is 1. The van der Waals surface area contributed by atoms with E-state index in [0.29, 0.717) is 19.5 Å². The van der Waals surface area contributed by atoms with Crippen LogP contribution in [-0.4, -0.2) is 79.4 Å². The Morgan fingerprint density at radius 3 is 2.41 bits per heavy atom. The van der Waals surface area contributed by atoms with Crippen molar-refractivity contribution in [2.24, 2.45) is 10.7 Å². The molecular weight excluding hydrogens is 494 g/mol. The number of hydrogen-bond acceptors (Lipinski definition) is 8. The van der Waals surface area contributed by atoms with Crippen molar-refractivity contribution >= 4 is 39.8 Å². The number of pyridine rings is 1. The predicted molar refractivity (Wildman–Crippen MR) is 142 cm³/mol. The maximum Gasteiger partial charge on any atom is 0.333 e. The maximum absolute atomic E-state index is 13.5. The summed E-state index contributed by atoms with van der Waals surface area (Å²) in [5.41, 5.74) is 6.56. The number of nitrogens with two attached hydrogens (primary N) is 1. The highest BCUT2D eigenvalue weighted by Gasteiger charge is 2.27. The molecule has 12 heteroatoms. The maximum atomic E-state index is 13.5. The van der Waals surface area contributed by atoms with Crippen molar-refractivity contribution in [3.05, 3.63) is 74.6 Å². The first-order chi connectivity index (χ1) is 17.8. The van der Waals surface area contributed by atoms with Gasteiger partial charge in [0, 0.05) is 32.4 Å². The second-order valence-electron chi connectivity index (χ2n) is 9.23. The third-order valence-electron chi connectivity index (χ3n) is 6.67. The number of aliphatic imine (C=N–C) groups is 1. The highest BCUT2D eigenvalue weighted by molar-refractivity contribution is 8.15. The minimum absolute atomic E-state index is 0.169. The van der Waals surface area contributed by atoms with Crippen LogP contribution in [0.25, 0.3) is 11.0 Å². The number of carbonyl (C=O) groups excluding carboxylic acids is 2. The van der Waals surface area contributed by atoms with E-state index in [1.807, 2.05) is 31.3 Å². The van der Waals surface area contributed by atoms with Crippen molar-refractivity contribution in [1.82, 2.24) is 23.9 Å². The van der Waals surface area contributed by atoms with Gasteiger partial charge < -0.3 is 15.5 Å². The third-order valence-corrected chi connectivity index (χ3v) is 7.66. The minimum Gasteiger partial charge on any atom is -0.378 e. The normalized spacial score (nSPS) is 18.4. The fourth-order valence-corrected chi connectivity index (χ4v) is 5.39. The van der Waals surface area contributed by atoms with Gasteiger partial charge in [0.1, 0.15) is 12.2 Å². The number of benzene rings is 1. The molecule has 0 aliphatic carbocycles. The molecule has 1 unspecified atom stereocenters. The van der Waals surface area contributed by atoms with Gasteiger partial charge in [-0.05, 0) is 36.7 Å². The van der Waals surface area contributed by atoms with Crippen molar-refractivity contribution in [1.29, 1.82) is 0 Å². The molecule has 2 aliphatic heterocycles. The molecule has 1 saturated heterocycles. The van der Waals surface area contributed by atoms with Gasteiger partial charge in [-0.25, -0.2) is 9.78 Å². The van der Waals surface area contributed by atoms with Gasteiger partial charge in [-0.2, -0.15) is 4.99 Å². The molecule has 2 N–H and O–H groups in total. The lowest BCUT2D eigenvalue weighted by Crippen LogP contribution is -2.50. The van der Waals surface area contributed by atoms with E-state index in [4.69, 9.17) is 5.73 Å². The first-order valence-electron chi connectivity index (χ1n) is 12.0. The summed E-state index contributed by atoms with van der Waals surface area (Å²) in [5, 5.41) is 0.230. The van der Waals surface area contributed by atoms with Crippen molar-refractivity contribution in [2.45, 2.75) is 24.8 Å². The Bertz CT molecular complexity index is 1500. The summed E-state index contributed by atoms with van der Waals surface area (Å²) < 4.78 is 2.43. The number of aromatic nitrogens is 3. The van der Waals surface area contributed by atoms with Crippen LogP contribution in [0.4, 0.5) is 0 Å². The van der Waals surface area contributed by atoms with Crippen LogP contribution in [0.1, 0.15) is 11.1 Å². The number of piperazine rings is 1. The Morgan fingerprint density at radius 1 is 1.03 bits per heavy atom. The molecule has 0 saturated carbocycles. The lowest BCUT2D eigenvalue weighted by Gasteiger charge is -2.32. The third kappa shape index (κ3) is 5.20. The Balaban J connectivity index is 1.41. The second kappa shape index (κ2) is 10.3. The quantitative estimate of drug-likeness (QED) is 0.474. The lowest BCUT2D eigenvalue weighted by molar-refractivity contribution is -0.133. The molecule has 2 amide bonds. The van der Waals surface area contributed by atoms with Gasteiger partial charge in [-0.3, -0.25) is 23.5 Å². The summed E-state index contributed by atoms with van der Waals surface area (Å²) >= 11 is 1.26. The van der Waals surface area contributed by atoms with E-state index in [-0.39, 0.29) is 46.4 Å². The van der Waals surface area contributed by atoms with E-state index in [1.165, 1.54) is 22.5 Å². The van der Waals surface area contributed by atoms with Crippen LogP contribution in [0.2, 0.25) is 0 Å². The van der Waals surface area contributed by atoms with Crippen LogP contribution in [0.15, 0.2) is 57.2 Å². The summed E-state index contributed by atoms with van der Waals surface area (Å²) in [6.07, 6.45) is 2.03. The van der Waals surface area contributed by atoms with E-state index in [9.17, 15) is 19.2 Å². The van der Waals surface area contributed by atoms with Crippen LogP contribution in [-0.2, 0) is 29.1 Å². The number of thioether (sulfide) groups is 1. The monoisotopic (exact) mass is 521 g/mol. The number of carbonyl (C=O) groups is 2. The SMILES string of the molecule is CN1CCN(C(=O)Cn2c(=O)c3cccnc3n(Cc3ccc(CC4SC(N)=NC4=O)cc3)c2=O)CC1. The molecule has 1 fully saturated rings. The van der Waals surface area contributed by atoms with Crippen LogP contribution in [0.5, 0.6) is 0 Å². The fraction of sp³-hybridized carbons (Fsp3) is 0.360. The topological polar surface area (TPSA) is 136 Å². The van der Waals surface area contributed by atoms with Crippen molar-refractivity contribution in [2.75, 3.05) is 33.2 Å². The number of rotatable bonds is 6. The number of hydrogen-bond donors (Lipinski definition) is 1. The Hall–Kier alpha value is -3.77. The second-order valence-corrected chi connectivity index (χ2v) is 10.5. The van der Waals surface area contributed by atoms with Gasteiger partial charge in [0.2, 0.25) is 5.91 Å². The summed E-state index contributed by atoms with van der Waals surface area (Å²) in [5.74, 6) is -0.487. The standard InChI is InChI=1S/C25H27N7O4S/c1-29-9-11-30(12-10-29)20(33)15-32-23(35)18-3-2-8-27-21(18)31(25(32)36)14-17-6-4-16(5-7-17)13-19-22(34)28-24(26)37-19/h2-8,19H,9-15H2,1H3,(H2,26,28,34). The molecule has 0 bridgehead atoms. The molecule has 3 aromatic rings. The van der Waals surface area contributed by atoms with Crippen LogP contribution >= 0.6 is 11.8 Å². The molecule has 0 radical (unpaired) electrons. The smallest absolute Gasteiger partial charge is 0.333 e. The van der Waals surface area contributed by atoms with Gasteiger partial charge in [0.05, 0.1) is 17.2 Å². The summed E-state index contributed by atoms with van der Waals surface area (Å²) in [7, 11) is 1.99. The van der Waals surface area contributed by atoms with E-state index in [1.54, 1.807) is 17.0 Å². The van der Waals surface area contributed by atoms with Gasteiger partial charge in [-0.15, -0.1) is 0 Å². The van der Waals surface area contributed by atoms with E-state index >= 15 is 0 Å². The van der Waals surface area contributed by atoms with Gasteiger partial charge in [0.25, 0.3) is 11.5 Å². The summed E-state index contributed by atoms with van der Waals surface area (Å²) in [4.78, 5) is 63.4. The summed E-state index contributed by atoms with van der Waals surface area (Å²) in [6, 6.07) is 10.8. The molecular formula is C25H27N7O4S. The molecule has 0 spiro atoms. The zero-order valence-corrected chi connectivity index (χ0v) is 21.2. The first kappa shape index (κ1) is 24.9. The molecule has 2 aromatic heterocycles. The molecule has 4 heterocycles. The Morgan fingerprint density at radius 2 is 1.73 bits per heavy atom. The Labute approximate surface area is 216 Å². The van der Waals surface area contributed by atoms with E-state index in [0.717, 1.165) is 28.8 Å². The number of amides is 2. The van der Waals surface area contributed by atoms with Crippen molar-refractivity contribution in [3.8, 4) is 0 Å². The van der Waals surface area contributed by atoms with Gasteiger partial charge in [-0.1, -0.05) is 36.0 Å². The van der Waals surface area contributed by atoms with Crippen molar-refractivity contribution in [3.63, 3.8) is 0 Å². The summed E-state index contributed by atoms with van der Waals surface area (Å²) in [6.45, 7) is 2.46. The number of nitrogens with zero attached hydrogens (tertiary/aromatic N) is 6.